The molecule has 102 valence electrons. The third kappa shape index (κ3) is 5.07. The van der Waals surface area contributed by atoms with Crippen molar-refractivity contribution in [3.05, 3.63) is 0 Å². The molecule has 3 nitrogen and oxygen atoms in total. The molecule has 0 radical (unpaired) electrons. The molecule has 0 aromatic heterocycles. The van der Waals surface area contributed by atoms with E-state index in [0.29, 0.717) is 0 Å². The quantitative estimate of drug-likeness (QED) is 0.584. The Bertz CT molecular complexity index is 251. The van der Waals surface area contributed by atoms with Gasteiger partial charge in [-0.1, -0.05) is 54.9 Å². The number of rotatable bonds is 5. The van der Waals surface area contributed by atoms with Crippen LogP contribution in [0.5, 0.6) is 0 Å². The van der Waals surface area contributed by atoms with Crippen LogP contribution in [0.2, 0.25) is 0 Å². The van der Waals surface area contributed by atoms with Gasteiger partial charge in [0.25, 0.3) is 0 Å². The second-order valence-corrected chi connectivity index (χ2v) is 6.97. The topological polar surface area (TPSA) is 46.5 Å². The van der Waals surface area contributed by atoms with Gasteiger partial charge in [0.15, 0.2) is 0 Å². The van der Waals surface area contributed by atoms with E-state index in [9.17, 15) is 4.79 Å². The van der Waals surface area contributed by atoms with Crippen molar-refractivity contribution in [2.75, 3.05) is 0 Å². The largest absolute Gasteiger partial charge is 0.345 e. The van der Waals surface area contributed by atoms with Crippen LogP contribution in [0, 0.1) is 22.7 Å². The average Bonchev–Trinajstić information content (AvgIpc) is 2.14. The lowest BCUT2D eigenvalue weighted by atomic mass is 9.67. The fourth-order valence-electron chi connectivity index (χ4n) is 2.68. The van der Waals surface area contributed by atoms with Gasteiger partial charge in [0.1, 0.15) is 0 Å². The van der Waals surface area contributed by atoms with Crippen molar-refractivity contribution < 1.29 is 14.9 Å². The Morgan fingerprint density at radius 2 is 1.71 bits per heavy atom. The van der Waals surface area contributed by atoms with Gasteiger partial charge < -0.3 is 4.89 Å². The maximum absolute atomic E-state index is 11.8. The molecular weight excluding hydrogens is 216 g/mol. The van der Waals surface area contributed by atoms with E-state index in [2.05, 4.69) is 39.5 Å². The van der Waals surface area contributed by atoms with Gasteiger partial charge in [0, 0.05) is 0 Å². The Kier molecular flexibility index (Phi) is 5.66. The Morgan fingerprint density at radius 3 is 2.00 bits per heavy atom. The highest BCUT2D eigenvalue weighted by molar-refractivity contribution is 5.73. The second-order valence-electron chi connectivity index (χ2n) is 6.97. The summed E-state index contributed by atoms with van der Waals surface area (Å²) >= 11 is 0. The van der Waals surface area contributed by atoms with Gasteiger partial charge in [-0.25, -0.2) is 4.79 Å². The van der Waals surface area contributed by atoms with Crippen LogP contribution >= 0.6 is 0 Å². The molecular formula is C14H28O3. The van der Waals surface area contributed by atoms with E-state index < -0.39 is 5.97 Å². The third-order valence-electron chi connectivity index (χ3n) is 3.60. The van der Waals surface area contributed by atoms with Crippen LogP contribution in [0.3, 0.4) is 0 Å². The number of hydrogen-bond acceptors (Lipinski definition) is 3. The maximum atomic E-state index is 11.8. The average molecular weight is 244 g/mol. The second kappa shape index (κ2) is 5.85. The van der Waals surface area contributed by atoms with Crippen LogP contribution in [-0.4, -0.2) is 11.2 Å². The van der Waals surface area contributed by atoms with Crippen LogP contribution < -0.4 is 0 Å². The first-order valence-electron chi connectivity index (χ1n) is 6.40. The van der Waals surface area contributed by atoms with Crippen molar-refractivity contribution in [1.82, 2.24) is 0 Å². The third-order valence-corrected chi connectivity index (χ3v) is 3.60. The number of carbonyl (C=O) groups is 1. The molecule has 0 spiro atoms. The molecule has 17 heavy (non-hydrogen) atoms. The maximum Gasteiger partial charge on any atom is 0.345 e. The summed E-state index contributed by atoms with van der Waals surface area (Å²) in [5, 5.41) is 8.66. The lowest BCUT2D eigenvalue weighted by Gasteiger charge is -2.37. The molecule has 2 atom stereocenters. The first kappa shape index (κ1) is 16.4. The molecule has 0 heterocycles. The first-order valence-corrected chi connectivity index (χ1v) is 6.40. The predicted octanol–water partition coefficient (Wildman–Crippen LogP) is 4.13. The minimum Gasteiger partial charge on any atom is -0.301 e. The van der Waals surface area contributed by atoms with E-state index in [1.54, 1.807) is 0 Å². The minimum absolute atomic E-state index is 0.162. The zero-order valence-corrected chi connectivity index (χ0v) is 12.3. The predicted molar refractivity (Wildman–Crippen MR) is 69.5 cm³/mol. The van der Waals surface area contributed by atoms with Gasteiger partial charge in [0.2, 0.25) is 0 Å². The van der Waals surface area contributed by atoms with E-state index in [-0.39, 0.29) is 22.7 Å². The van der Waals surface area contributed by atoms with Crippen molar-refractivity contribution in [3.63, 3.8) is 0 Å². The van der Waals surface area contributed by atoms with Crippen LogP contribution in [0.1, 0.15) is 61.3 Å². The van der Waals surface area contributed by atoms with Crippen molar-refractivity contribution in [3.8, 4) is 0 Å². The zero-order valence-electron chi connectivity index (χ0n) is 12.3. The Hall–Kier alpha value is -0.570. The molecule has 0 saturated carbocycles. The minimum atomic E-state index is -0.506. The summed E-state index contributed by atoms with van der Waals surface area (Å²) in [6.07, 6.45) is 1.80. The molecule has 2 unspecified atom stereocenters. The summed E-state index contributed by atoms with van der Waals surface area (Å²) < 4.78 is 0. The van der Waals surface area contributed by atoms with Crippen molar-refractivity contribution >= 4 is 5.97 Å². The summed E-state index contributed by atoms with van der Waals surface area (Å²) in [6.45, 7) is 14.7. The van der Waals surface area contributed by atoms with Gasteiger partial charge >= 0.3 is 5.97 Å². The van der Waals surface area contributed by atoms with Crippen LogP contribution in [0.4, 0.5) is 0 Å². The highest BCUT2D eigenvalue weighted by Gasteiger charge is 2.40. The van der Waals surface area contributed by atoms with Crippen molar-refractivity contribution in [1.29, 1.82) is 0 Å². The molecule has 0 aliphatic heterocycles. The molecule has 0 aliphatic carbocycles. The normalized spacial score (nSPS) is 16.5. The molecule has 0 saturated heterocycles. The molecule has 0 fully saturated rings. The Labute approximate surface area is 105 Å². The fraction of sp³-hybridized carbons (Fsp3) is 0.929. The summed E-state index contributed by atoms with van der Waals surface area (Å²) in [5.74, 6) is -0.588. The first-order chi connectivity index (χ1) is 7.55. The molecule has 3 heteroatoms. The Balaban J connectivity index is 5.00. The highest BCUT2D eigenvalue weighted by Crippen LogP contribution is 2.40. The summed E-state index contributed by atoms with van der Waals surface area (Å²) in [7, 11) is 0. The molecule has 0 aliphatic rings. The number of carbonyl (C=O) groups excluding carboxylic acids is 1. The number of hydrogen-bond donors (Lipinski definition) is 1. The van der Waals surface area contributed by atoms with Crippen LogP contribution in [0.25, 0.3) is 0 Å². The van der Waals surface area contributed by atoms with Gasteiger partial charge in [-0.2, -0.15) is 5.26 Å². The van der Waals surface area contributed by atoms with Crippen LogP contribution in [0.15, 0.2) is 0 Å². The standard InChI is InChI=1S/C14H28O3/c1-8-14(6,7)11(12(15)17-16)10(2)9-13(3,4)5/h10-11,16H,8-9H2,1-7H3. The summed E-state index contributed by atoms with van der Waals surface area (Å²) in [4.78, 5) is 15.8. The molecule has 0 amide bonds. The highest BCUT2D eigenvalue weighted by atomic mass is 17.1. The zero-order chi connectivity index (χ0) is 13.9. The van der Waals surface area contributed by atoms with Gasteiger partial charge in [0.05, 0.1) is 5.92 Å². The van der Waals surface area contributed by atoms with Gasteiger partial charge in [-0.3, -0.25) is 0 Å². The fourth-order valence-corrected chi connectivity index (χ4v) is 2.68. The van der Waals surface area contributed by atoms with Crippen molar-refractivity contribution in [2.45, 2.75) is 61.3 Å². The van der Waals surface area contributed by atoms with E-state index in [4.69, 9.17) is 5.26 Å². The van der Waals surface area contributed by atoms with Crippen molar-refractivity contribution in [2.24, 2.45) is 22.7 Å². The molecule has 0 bridgehead atoms. The van der Waals surface area contributed by atoms with E-state index >= 15 is 0 Å². The molecule has 0 rings (SSSR count). The van der Waals surface area contributed by atoms with Gasteiger partial charge in [-0.05, 0) is 23.2 Å². The summed E-state index contributed by atoms with van der Waals surface area (Å²) in [5.41, 5.74) is 0.00169. The molecule has 0 aromatic rings. The smallest absolute Gasteiger partial charge is 0.301 e. The summed E-state index contributed by atoms with van der Waals surface area (Å²) in [6, 6.07) is 0. The molecule has 1 N–H and O–H groups in total. The lowest BCUT2D eigenvalue weighted by Crippen LogP contribution is -2.37. The SMILES string of the molecule is CCC(C)(C)C(C(=O)OO)C(C)CC(C)(C)C. The van der Waals surface area contributed by atoms with Gasteiger partial charge in [-0.15, -0.1) is 0 Å². The van der Waals surface area contributed by atoms with Crippen LogP contribution in [-0.2, 0) is 9.68 Å². The van der Waals surface area contributed by atoms with E-state index in [1.807, 2.05) is 13.8 Å². The van der Waals surface area contributed by atoms with E-state index in [1.165, 1.54) is 0 Å². The monoisotopic (exact) mass is 244 g/mol. The van der Waals surface area contributed by atoms with E-state index in [0.717, 1.165) is 12.8 Å². The lowest BCUT2D eigenvalue weighted by molar-refractivity contribution is -0.244. The molecule has 0 aromatic carbocycles. The Morgan fingerprint density at radius 1 is 1.24 bits per heavy atom.